The van der Waals surface area contributed by atoms with Gasteiger partial charge in [-0.3, -0.25) is 4.79 Å². The molecule has 24 heavy (non-hydrogen) atoms. The molecular weight excluding hydrogens is 367 g/mol. The van der Waals surface area contributed by atoms with Crippen molar-refractivity contribution in [3.05, 3.63) is 63.2 Å². The van der Waals surface area contributed by atoms with Crippen LogP contribution in [0.15, 0.2) is 41.8 Å². The average Bonchev–Trinajstić information content (AvgIpc) is 3.22. The van der Waals surface area contributed by atoms with Crippen LogP contribution in [-0.4, -0.2) is 22.8 Å². The number of amides is 1. The summed E-state index contributed by atoms with van der Waals surface area (Å²) in [5.74, 6) is -0.462. The number of thiophene rings is 1. The van der Waals surface area contributed by atoms with Crippen LogP contribution in [0.1, 0.15) is 29.0 Å². The topological polar surface area (TPSA) is 33.2 Å². The highest BCUT2D eigenvalue weighted by Crippen LogP contribution is 2.33. The molecule has 0 fully saturated rings. The van der Waals surface area contributed by atoms with Gasteiger partial charge in [-0.05, 0) is 36.8 Å². The first kappa shape index (κ1) is 17.1. The van der Waals surface area contributed by atoms with Crippen molar-refractivity contribution in [2.75, 3.05) is 7.05 Å². The monoisotopic (exact) mass is 380 g/mol. The zero-order chi connectivity index (χ0) is 17.3. The van der Waals surface area contributed by atoms with Crippen LogP contribution in [0.5, 0.6) is 0 Å². The molecule has 7 heteroatoms. The number of benzene rings is 1. The Balaban J connectivity index is 1.78. The number of carbonyl (C=O) groups excluding carboxylic acids is 1. The Bertz CT molecular complexity index is 860. The van der Waals surface area contributed by atoms with E-state index in [9.17, 15) is 9.18 Å². The number of halogens is 2. The summed E-state index contributed by atoms with van der Waals surface area (Å²) in [6, 6.07) is 9.68. The van der Waals surface area contributed by atoms with Crippen molar-refractivity contribution in [2.45, 2.75) is 13.0 Å². The van der Waals surface area contributed by atoms with Crippen molar-refractivity contribution in [3.8, 4) is 9.88 Å². The van der Waals surface area contributed by atoms with Crippen LogP contribution in [0.4, 0.5) is 4.39 Å². The summed E-state index contributed by atoms with van der Waals surface area (Å²) in [4.78, 5) is 19.6. The Morgan fingerprint density at radius 2 is 1.96 bits per heavy atom. The van der Waals surface area contributed by atoms with E-state index >= 15 is 0 Å². The van der Waals surface area contributed by atoms with Crippen molar-refractivity contribution >= 4 is 40.2 Å². The number of thiazole rings is 1. The van der Waals surface area contributed by atoms with E-state index < -0.39 is 0 Å². The SMILES string of the molecule is CC(c1ccc(F)cc1)N(C)C(=O)c1csc(-c2ccc(Cl)s2)n1. The van der Waals surface area contributed by atoms with Gasteiger partial charge in [0.2, 0.25) is 0 Å². The fourth-order valence-corrected chi connectivity index (χ4v) is 4.14. The number of hydrogen-bond donors (Lipinski definition) is 0. The molecule has 3 nitrogen and oxygen atoms in total. The third-order valence-electron chi connectivity index (χ3n) is 3.76. The maximum absolute atomic E-state index is 13.0. The van der Waals surface area contributed by atoms with Gasteiger partial charge in [-0.1, -0.05) is 23.7 Å². The van der Waals surface area contributed by atoms with Gasteiger partial charge in [0.25, 0.3) is 5.91 Å². The third kappa shape index (κ3) is 3.50. The predicted octanol–water partition coefficient (Wildman–Crippen LogP) is 5.50. The van der Waals surface area contributed by atoms with Gasteiger partial charge in [-0.2, -0.15) is 0 Å². The molecule has 1 unspecified atom stereocenters. The van der Waals surface area contributed by atoms with E-state index in [4.69, 9.17) is 11.6 Å². The van der Waals surface area contributed by atoms with E-state index in [-0.39, 0.29) is 17.8 Å². The normalized spacial score (nSPS) is 12.2. The minimum atomic E-state index is -0.293. The van der Waals surface area contributed by atoms with Gasteiger partial charge in [0.05, 0.1) is 15.3 Å². The first-order valence-electron chi connectivity index (χ1n) is 7.19. The van der Waals surface area contributed by atoms with E-state index in [1.807, 2.05) is 19.1 Å². The van der Waals surface area contributed by atoms with Crippen molar-refractivity contribution in [1.82, 2.24) is 9.88 Å². The van der Waals surface area contributed by atoms with Gasteiger partial charge < -0.3 is 4.90 Å². The lowest BCUT2D eigenvalue weighted by atomic mass is 10.1. The molecule has 0 radical (unpaired) electrons. The highest BCUT2D eigenvalue weighted by Gasteiger charge is 2.21. The average molecular weight is 381 g/mol. The molecule has 0 N–H and O–H groups in total. The summed E-state index contributed by atoms with van der Waals surface area (Å²) in [7, 11) is 1.72. The summed E-state index contributed by atoms with van der Waals surface area (Å²) in [5, 5.41) is 2.53. The summed E-state index contributed by atoms with van der Waals surface area (Å²) in [5.41, 5.74) is 1.27. The molecule has 3 aromatic rings. The van der Waals surface area contributed by atoms with Crippen LogP contribution >= 0.6 is 34.3 Å². The molecule has 3 rings (SSSR count). The second-order valence-electron chi connectivity index (χ2n) is 5.29. The summed E-state index contributed by atoms with van der Waals surface area (Å²) >= 11 is 8.79. The van der Waals surface area contributed by atoms with Crippen molar-refractivity contribution in [3.63, 3.8) is 0 Å². The number of aromatic nitrogens is 1. The van der Waals surface area contributed by atoms with Gasteiger partial charge in [0, 0.05) is 12.4 Å². The third-order valence-corrected chi connectivity index (χ3v) is 6.00. The summed E-state index contributed by atoms with van der Waals surface area (Å²) in [6.07, 6.45) is 0. The summed E-state index contributed by atoms with van der Waals surface area (Å²) in [6.45, 7) is 1.90. The fourth-order valence-electron chi connectivity index (χ4n) is 2.24. The van der Waals surface area contributed by atoms with Gasteiger partial charge in [-0.25, -0.2) is 9.37 Å². The Morgan fingerprint density at radius 3 is 2.58 bits per heavy atom. The molecule has 0 saturated carbocycles. The lowest BCUT2D eigenvalue weighted by Gasteiger charge is -2.24. The minimum Gasteiger partial charge on any atom is -0.334 e. The Morgan fingerprint density at radius 1 is 1.25 bits per heavy atom. The van der Waals surface area contributed by atoms with Crippen molar-refractivity contribution in [2.24, 2.45) is 0 Å². The van der Waals surface area contributed by atoms with E-state index in [0.717, 1.165) is 15.4 Å². The number of carbonyl (C=O) groups is 1. The standard InChI is InChI=1S/C17H14ClFN2OS2/c1-10(11-3-5-12(19)6-4-11)21(2)17(22)13-9-23-16(20-13)14-7-8-15(18)24-14/h3-10H,1-2H3. The van der Waals surface area contributed by atoms with Crippen LogP contribution < -0.4 is 0 Å². The van der Waals surface area contributed by atoms with Gasteiger partial charge >= 0.3 is 0 Å². The van der Waals surface area contributed by atoms with E-state index in [1.165, 1.54) is 34.8 Å². The van der Waals surface area contributed by atoms with Gasteiger partial charge in [-0.15, -0.1) is 22.7 Å². The van der Waals surface area contributed by atoms with Crippen LogP contribution in [0, 0.1) is 5.82 Å². The molecule has 0 bridgehead atoms. The minimum absolute atomic E-state index is 0.169. The lowest BCUT2D eigenvalue weighted by molar-refractivity contribution is 0.0737. The second kappa shape index (κ2) is 7.01. The number of rotatable bonds is 4. The van der Waals surface area contributed by atoms with Crippen LogP contribution in [0.3, 0.4) is 0 Å². The zero-order valence-electron chi connectivity index (χ0n) is 13.0. The number of nitrogens with zero attached hydrogens (tertiary/aromatic N) is 2. The van der Waals surface area contributed by atoms with Gasteiger partial charge in [0.1, 0.15) is 16.5 Å². The zero-order valence-corrected chi connectivity index (χ0v) is 15.4. The van der Waals surface area contributed by atoms with Crippen molar-refractivity contribution < 1.29 is 9.18 Å². The molecule has 0 spiro atoms. The first-order chi connectivity index (χ1) is 11.5. The molecule has 0 aliphatic heterocycles. The van der Waals surface area contributed by atoms with Crippen LogP contribution in [0.2, 0.25) is 4.34 Å². The quantitative estimate of drug-likeness (QED) is 0.599. The largest absolute Gasteiger partial charge is 0.334 e. The molecule has 2 heterocycles. The molecule has 0 saturated heterocycles. The van der Waals surface area contributed by atoms with Crippen LogP contribution in [0.25, 0.3) is 9.88 Å². The molecular formula is C17H14ClFN2OS2. The molecule has 2 aromatic heterocycles. The molecule has 0 aliphatic carbocycles. The highest BCUT2D eigenvalue weighted by atomic mass is 35.5. The van der Waals surface area contributed by atoms with E-state index in [2.05, 4.69) is 4.98 Å². The maximum atomic E-state index is 13.0. The van der Waals surface area contributed by atoms with E-state index in [0.29, 0.717) is 10.0 Å². The van der Waals surface area contributed by atoms with E-state index in [1.54, 1.807) is 29.5 Å². The summed E-state index contributed by atoms with van der Waals surface area (Å²) < 4.78 is 13.7. The Kier molecular flexibility index (Phi) is 4.99. The fraction of sp³-hybridized carbons (Fsp3) is 0.176. The molecule has 124 valence electrons. The highest BCUT2D eigenvalue weighted by molar-refractivity contribution is 7.23. The molecule has 1 aromatic carbocycles. The van der Waals surface area contributed by atoms with Crippen LogP contribution in [-0.2, 0) is 0 Å². The Labute approximate surface area is 152 Å². The molecule has 1 atom stereocenters. The smallest absolute Gasteiger partial charge is 0.273 e. The predicted molar refractivity (Wildman–Crippen MR) is 97.3 cm³/mol. The maximum Gasteiger partial charge on any atom is 0.273 e. The lowest BCUT2D eigenvalue weighted by Crippen LogP contribution is -2.29. The first-order valence-corrected chi connectivity index (χ1v) is 9.27. The Hall–Kier alpha value is -1.76. The molecule has 0 aliphatic rings. The van der Waals surface area contributed by atoms with Crippen molar-refractivity contribution in [1.29, 1.82) is 0 Å². The second-order valence-corrected chi connectivity index (χ2v) is 7.86. The number of hydrogen-bond acceptors (Lipinski definition) is 4. The van der Waals surface area contributed by atoms with Gasteiger partial charge in [0.15, 0.2) is 0 Å². The molecule has 1 amide bonds.